The van der Waals surface area contributed by atoms with Gasteiger partial charge in [-0.1, -0.05) is 13.3 Å². The van der Waals surface area contributed by atoms with Crippen molar-refractivity contribution in [3.8, 4) is 0 Å². The molecule has 1 aliphatic heterocycles. The Labute approximate surface area is 111 Å². The standard InChI is InChI=1S/C12H25N3O.ClH/c1-2-8-14-12(16)10-15-9-4-3-5-11(15)6-7-13;/h11H,2-10,13H2,1H3,(H,14,16);1H. The minimum atomic E-state index is 0. The van der Waals surface area contributed by atoms with Crippen LogP contribution in [0.25, 0.3) is 0 Å². The Bertz CT molecular complexity index is 212. The molecule has 1 rings (SSSR count). The van der Waals surface area contributed by atoms with Gasteiger partial charge in [-0.25, -0.2) is 0 Å². The number of amides is 1. The summed E-state index contributed by atoms with van der Waals surface area (Å²) in [5.41, 5.74) is 5.61. The second-order valence-electron chi connectivity index (χ2n) is 4.55. The van der Waals surface area contributed by atoms with Crippen molar-refractivity contribution >= 4 is 18.3 Å². The summed E-state index contributed by atoms with van der Waals surface area (Å²) in [6.07, 6.45) is 5.69. The zero-order valence-corrected chi connectivity index (χ0v) is 11.6. The van der Waals surface area contributed by atoms with E-state index in [4.69, 9.17) is 5.73 Å². The molecule has 3 N–H and O–H groups in total. The summed E-state index contributed by atoms with van der Waals surface area (Å²) in [5, 5.41) is 2.93. The third kappa shape index (κ3) is 6.24. The number of nitrogens with zero attached hydrogens (tertiary/aromatic N) is 1. The number of carbonyl (C=O) groups is 1. The Kier molecular flexibility index (Phi) is 9.50. The van der Waals surface area contributed by atoms with Gasteiger partial charge in [-0.15, -0.1) is 12.4 Å². The topological polar surface area (TPSA) is 58.4 Å². The molecular weight excluding hydrogens is 238 g/mol. The van der Waals surface area contributed by atoms with Gasteiger partial charge in [0.25, 0.3) is 0 Å². The lowest BCUT2D eigenvalue weighted by molar-refractivity contribution is -0.123. The van der Waals surface area contributed by atoms with Gasteiger partial charge in [-0.3, -0.25) is 9.69 Å². The molecular formula is C12H26ClN3O. The van der Waals surface area contributed by atoms with Crippen LogP contribution in [-0.4, -0.2) is 43.0 Å². The van der Waals surface area contributed by atoms with Gasteiger partial charge in [-0.2, -0.15) is 0 Å². The highest BCUT2D eigenvalue weighted by Gasteiger charge is 2.23. The number of carbonyl (C=O) groups excluding carboxylic acids is 1. The van der Waals surface area contributed by atoms with Crippen molar-refractivity contribution in [2.24, 2.45) is 5.73 Å². The van der Waals surface area contributed by atoms with Crippen LogP contribution >= 0.6 is 12.4 Å². The van der Waals surface area contributed by atoms with E-state index < -0.39 is 0 Å². The summed E-state index contributed by atoms with van der Waals surface area (Å²) in [7, 11) is 0. The zero-order valence-electron chi connectivity index (χ0n) is 10.8. The van der Waals surface area contributed by atoms with E-state index in [0.717, 1.165) is 32.5 Å². The Morgan fingerprint density at radius 1 is 1.47 bits per heavy atom. The molecule has 0 saturated carbocycles. The zero-order chi connectivity index (χ0) is 11.8. The van der Waals surface area contributed by atoms with Gasteiger partial charge < -0.3 is 11.1 Å². The smallest absolute Gasteiger partial charge is 0.234 e. The lowest BCUT2D eigenvalue weighted by atomic mass is 9.99. The largest absolute Gasteiger partial charge is 0.355 e. The Balaban J connectivity index is 0.00000256. The maximum atomic E-state index is 11.6. The first-order chi connectivity index (χ1) is 7.77. The second-order valence-corrected chi connectivity index (χ2v) is 4.55. The maximum absolute atomic E-state index is 11.6. The van der Waals surface area contributed by atoms with Crippen LogP contribution in [0.5, 0.6) is 0 Å². The molecule has 102 valence electrons. The van der Waals surface area contributed by atoms with E-state index in [-0.39, 0.29) is 18.3 Å². The molecule has 1 unspecified atom stereocenters. The molecule has 5 heteroatoms. The van der Waals surface area contributed by atoms with E-state index in [1.165, 1.54) is 19.3 Å². The molecule has 17 heavy (non-hydrogen) atoms. The quantitative estimate of drug-likeness (QED) is 0.756. The molecule has 0 radical (unpaired) electrons. The Morgan fingerprint density at radius 2 is 2.24 bits per heavy atom. The van der Waals surface area contributed by atoms with Crippen LogP contribution in [0.3, 0.4) is 0 Å². The molecule has 0 aliphatic carbocycles. The summed E-state index contributed by atoms with van der Waals surface area (Å²) in [6.45, 7) is 5.17. The summed E-state index contributed by atoms with van der Waals surface area (Å²) >= 11 is 0. The van der Waals surface area contributed by atoms with E-state index in [2.05, 4.69) is 17.1 Å². The van der Waals surface area contributed by atoms with E-state index in [0.29, 0.717) is 12.6 Å². The van der Waals surface area contributed by atoms with Gasteiger partial charge in [0.1, 0.15) is 0 Å². The number of hydrogen-bond acceptors (Lipinski definition) is 3. The summed E-state index contributed by atoms with van der Waals surface area (Å²) in [4.78, 5) is 13.9. The van der Waals surface area contributed by atoms with Gasteiger partial charge in [-0.05, 0) is 38.8 Å². The van der Waals surface area contributed by atoms with Crippen LogP contribution < -0.4 is 11.1 Å². The van der Waals surface area contributed by atoms with Gasteiger partial charge >= 0.3 is 0 Å². The summed E-state index contributed by atoms with van der Waals surface area (Å²) in [5.74, 6) is 0.158. The van der Waals surface area contributed by atoms with Crippen LogP contribution in [-0.2, 0) is 4.79 Å². The van der Waals surface area contributed by atoms with Crippen molar-refractivity contribution in [1.82, 2.24) is 10.2 Å². The first-order valence-electron chi connectivity index (χ1n) is 6.48. The summed E-state index contributed by atoms with van der Waals surface area (Å²) in [6, 6.07) is 0.520. The van der Waals surface area contributed by atoms with Crippen LogP contribution in [0.1, 0.15) is 39.0 Å². The molecule has 4 nitrogen and oxygen atoms in total. The molecule has 1 amide bonds. The molecule has 0 aromatic rings. The van der Waals surface area contributed by atoms with Gasteiger partial charge in [0.2, 0.25) is 5.91 Å². The fourth-order valence-electron chi connectivity index (χ4n) is 2.29. The molecule has 0 spiro atoms. The van der Waals surface area contributed by atoms with E-state index in [9.17, 15) is 4.79 Å². The monoisotopic (exact) mass is 263 g/mol. The lowest BCUT2D eigenvalue weighted by Crippen LogP contribution is -2.46. The van der Waals surface area contributed by atoms with Crippen molar-refractivity contribution in [3.63, 3.8) is 0 Å². The fourth-order valence-corrected chi connectivity index (χ4v) is 2.29. The highest BCUT2D eigenvalue weighted by atomic mass is 35.5. The average Bonchev–Trinajstić information content (AvgIpc) is 2.29. The van der Waals surface area contributed by atoms with Crippen molar-refractivity contribution in [1.29, 1.82) is 0 Å². The van der Waals surface area contributed by atoms with Crippen molar-refractivity contribution < 1.29 is 4.79 Å². The number of rotatable bonds is 6. The molecule has 1 atom stereocenters. The van der Waals surface area contributed by atoms with Crippen molar-refractivity contribution in [2.45, 2.75) is 45.1 Å². The predicted molar refractivity (Wildman–Crippen MR) is 73.4 cm³/mol. The molecule has 0 aromatic heterocycles. The molecule has 0 aromatic carbocycles. The number of nitrogens with two attached hydrogens (primary N) is 1. The number of halogens is 1. The second kappa shape index (κ2) is 9.68. The van der Waals surface area contributed by atoms with Gasteiger partial charge in [0, 0.05) is 12.6 Å². The first kappa shape index (κ1) is 16.7. The lowest BCUT2D eigenvalue weighted by Gasteiger charge is -2.35. The molecule has 1 heterocycles. The predicted octanol–water partition coefficient (Wildman–Crippen LogP) is 1.14. The molecule has 1 aliphatic rings. The third-order valence-electron chi connectivity index (χ3n) is 3.17. The van der Waals surface area contributed by atoms with E-state index in [1.54, 1.807) is 0 Å². The summed E-state index contributed by atoms with van der Waals surface area (Å²) < 4.78 is 0. The minimum absolute atomic E-state index is 0. The maximum Gasteiger partial charge on any atom is 0.234 e. The number of hydrogen-bond donors (Lipinski definition) is 2. The normalized spacial score (nSPS) is 20.7. The van der Waals surface area contributed by atoms with Crippen molar-refractivity contribution in [2.75, 3.05) is 26.2 Å². The fraction of sp³-hybridized carbons (Fsp3) is 0.917. The third-order valence-corrected chi connectivity index (χ3v) is 3.17. The van der Waals surface area contributed by atoms with Gasteiger partial charge in [0.15, 0.2) is 0 Å². The molecule has 1 fully saturated rings. The molecule has 1 saturated heterocycles. The van der Waals surface area contributed by atoms with E-state index >= 15 is 0 Å². The van der Waals surface area contributed by atoms with Gasteiger partial charge in [0.05, 0.1) is 6.54 Å². The Morgan fingerprint density at radius 3 is 2.88 bits per heavy atom. The van der Waals surface area contributed by atoms with Crippen LogP contribution in [0.15, 0.2) is 0 Å². The van der Waals surface area contributed by atoms with Crippen LogP contribution in [0, 0.1) is 0 Å². The average molecular weight is 264 g/mol. The first-order valence-corrected chi connectivity index (χ1v) is 6.48. The number of nitrogens with one attached hydrogen (secondary N) is 1. The molecule has 0 bridgehead atoms. The highest BCUT2D eigenvalue weighted by Crippen LogP contribution is 2.18. The van der Waals surface area contributed by atoms with Crippen LogP contribution in [0.2, 0.25) is 0 Å². The highest BCUT2D eigenvalue weighted by molar-refractivity contribution is 5.85. The Hall–Kier alpha value is -0.320. The number of likely N-dealkylation sites (tertiary alicyclic amines) is 1. The number of piperidine rings is 1. The minimum Gasteiger partial charge on any atom is -0.355 e. The van der Waals surface area contributed by atoms with Crippen LogP contribution in [0.4, 0.5) is 0 Å². The van der Waals surface area contributed by atoms with E-state index in [1.807, 2.05) is 0 Å². The SMILES string of the molecule is CCCNC(=O)CN1CCCCC1CCN.Cl. The van der Waals surface area contributed by atoms with Crippen molar-refractivity contribution in [3.05, 3.63) is 0 Å².